The molecule has 0 atom stereocenters. The lowest BCUT2D eigenvalue weighted by Gasteiger charge is -2.12. The molecule has 5 heteroatoms. The lowest BCUT2D eigenvalue weighted by Crippen LogP contribution is -2.11. The Kier molecular flexibility index (Phi) is 5.14. The molecular weight excluding hydrogens is 284 g/mol. The Bertz CT molecular complexity index is 678. The highest BCUT2D eigenvalue weighted by Gasteiger charge is 2.13. The number of hydrogen-bond acceptors (Lipinski definition) is 5. The van der Waals surface area contributed by atoms with Crippen molar-refractivity contribution in [2.75, 3.05) is 13.9 Å². The van der Waals surface area contributed by atoms with Crippen molar-refractivity contribution in [3.63, 3.8) is 0 Å². The quantitative estimate of drug-likeness (QED) is 0.466. The molecule has 5 nitrogen and oxygen atoms in total. The number of methoxy groups -OCH3 is 1. The maximum atomic E-state index is 11.6. The zero-order valence-corrected chi connectivity index (χ0v) is 12.4. The van der Waals surface area contributed by atoms with E-state index in [0.717, 1.165) is 0 Å². The van der Waals surface area contributed by atoms with Crippen LogP contribution in [-0.2, 0) is 4.74 Å². The molecule has 0 aromatic heterocycles. The van der Waals surface area contributed by atoms with E-state index in [1.165, 1.54) is 14.0 Å². The van der Waals surface area contributed by atoms with Gasteiger partial charge in [-0.05, 0) is 31.2 Å². The van der Waals surface area contributed by atoms with Gasteiger partial charge in [-0.3, -0.25) is 4.79 Å². The average Bonchev–Trinajstić information content (AvgIpc) is 2.55. The Hall–Kier alpha value is -2.82. The van der Waals surface area contributed by atoms with Crippen molar-refractivity contribution in [2.45, 2.75) is 6.92 Å². The van der Waals surface area contributed by atoms with E-state index in [9.17, 15) is 9.59 Å². The van der Waals surface area contributed by atoms with Gasteiger partial charge >= 0.3 is 5.97 Å². The number of carbonyl (C=O) groups excluding carboxylic acids is 2. The van der Waals surface area contributed by atoms with Crippen LogP contribution in [0.15, 0.2) is 48.5 Å². The van der Waals surface area contributed by atoms with Gasteiger partial charge in [0.1, 0.15) is 17.1 Å². The third-order valence-corrected chi connectivity index (χ3v) is 2.99. The first-order valence-electron chi connectivity index (χ1n) is 6.66. The molecule has 0 bridgehead atoms. The number of Topliss-reactive ketones (excluding diaryl/α,β-unsaturated/α-hetero) is 1. The second-order valence-electron chi connectivity index (χ2n) is 4.45. The summed E-state index contributed by atoms with van der Waals surface area (Å²) in [5.74, 6) is 0.213. The fourth-order valence-corrected chi connectivity index (χ4v) is 1.91. The predicted molar refractivity (Wildman–Crippen MR) is 80.4 cm³/mol. The summed E-state index contributed by atoms with van der Waals surface area (Å²) in [7, 11) is 1.30. The maximum Gasteiger partial charge on any atom is 0.341 e. The third kappa shape index (κ3) is 3.63. The van der Waals surface area contributed by atoms with Crippen molar-refractivity contribution in [2.24, 2.45) is 0 Å². The lowest BCUT2D eigenvalue weighted by atomic mass is 10.1. The van der Waals surface area contributed by atoms with Crippen molar-refractivity contribution < 1.29 is 23.8 Å². The summed E-state index contributed by atoms with van der Waals surface area (Å²) in [5, 5.41) is 0. The van der Waals surface area contributed by atoms with E-state index >= 15 is 0 Å². The second-order valence-corrected chi connectivity index (χ2v) is 4.45. The van der Waals surface area contributed by atoms with Gasteiger partial charge in [-0.1, -0.05) is 24.3 Å². The molecule has 2 aromatic rings. The van der Waals surface area contributed by atoms with E-state index in [1.807, 2.05) is 0 Å². The highest BCUT2D eigenvalue weighted by molar-refractivity contribution is 5.96. The molecule has 0 aliphatic heterocycles. The standard InChI is InChI=1S/C17H16O5/c1-12(18)13-7-3-5-9-15(13)21-11-22-16-10-6-4-8-14(16)17(19)20-2/h3-10H,11H2,1-2H3. The Morgan fingerprint density at radius 1 is 0.864 bits per heavy atom. The van der Waals surface area contributed by atoms with Gasteiger partial charge in [0.15, 0.2) is 5.78 Å². The van der Waals surface area contributed by atoms with E-state index in [1.54, 1.807) is 48.5 Å². The fourth-order valence-electron chi connectivity index (χ4n) is 1.91. The van der Waals surface area contributed by atoms with Crippen LogP contribution in [0.3, 0.4) is 0 Å². The molecule has 0 radical (unpaired) electrons. The average molecular weight is 300 g/mol. The minimum Gasteiger partial charge on any atom is -0.465 e. The van der Waals surface area contributed by atoms with Crippen LogP contribution in [0.5, 0.6) is 11.5 Å². The van der Waals surface area contributed by atoms with Crippen molar-refractivity contribution in [1.29, 1.82) is 0 Å². The first-order chi connectivity index (χ1) is 10.6. The third-order valence-electron chi connectivity index (χ3n) is 2.99. The minimum absolute atomic E-state index is 0.0921. The number of ketones is 1. The molecule has 2 aromatic carbocycles. The van der Waals surface area contributed by atoms with Crippen LogP contribution < -0.4 is 9.47 Å². The Morgan fingerprint density at radius 3 is 1.91 bits per heavy atom. The van der Waals surface area contributed by atoms with Crippen LogP contribution in [0.4, 0.5) is 0 Å². The SMILES string of the molecule is COC(=O)c1ccccc1OCOc1ccccc1C(C)=O. The van der Waals surface area contributed by atoms with Gasteiger partial charge in [0.2, 0.25) is 6.79 Å². The lowest BCUT2D eigenvalue weighted by molar-refractivity contribution is 0.0587. The molecule has 0 aliphatic carbocycles. The van der Waals surface area contributed by atoms with Crippen LogP contribution >= 0.6 is 0 Å². The molecule has 0 aliphatic rings. The molecular formula is C17H16O5. The van der Waals surface area contributed by atoms with Gasteiger partial charge < -0.3 is 14.2 Å². The smallest absolute Gasteiger partial charge is 0.341 e. The highest BCUT2D eigenvalue weighted by atomic mass is 16.7. The van der Waals surface area contributed by atoms with Crippen LogP contribution in [0, 0.1) is 0 Å². The van der Waals surface area contributed by atoms with E-state index in [-0.39, 0.29) is 12.6 Å². The second kappa shape index (κ2) is 7.26. The van der Waals surface area contributed by atoms with Crippen molar-refractivity contribution >= 4 is 11.8 Å². The largest absolute Gasteiger partial charge is 0.465 e. The summed E-state index contributed by atoms with van der Waals surface area (Å²) >= 11 is 0. The van der Waals surface area contributed by atoms with Gasteiger partial charge in [0.25, 0.3) is 0 Å². The summed E-state index contributed by atoms with van der Waals surface area (Å²) < 4.78 is 15.6. The van der Waals surface area contributed by atoms with Crippen LogP contribution in [0.1, 0.15) is 27.6 Å². The molecule has 0 amide bonds. The summed E-state index contributed by atoms with van der Waals surface area (Å²) in [6.45, 7) is 1.34. The molecule has 0 saturated heterocycles. The predicted octanol–water partition coefficient (Wildman–Crippen LogP) is 3.09. The van der Waals surface area contributed by atoms with Crippen LogP contribution in [0.2, 0.25) is 0 Å². The van der Waals surface area contributed by atoms with Crippen molar-refractivity contribution in [3.05, 3.63) is 59.7 Å². The fraction of sp³-hybridized carbons (Fsp3) is 0.176. The molecule has 0 fully saturated rings. The van der Waals surface area contributed by atoms with E-state index in [4.69, 9.17) is 9.47 Å². The van der Waals surface area contributed by atoms with Crippen LogP contribution in [-0.4, -0.2) is 25.7 Å². The first kappa shape index (κ1) is 15.6. The molecule has 0 saturated carbocycles. The molecule has 114 valence electrons. The number of benzene rings is 2. The Morgan fingerprint density at radius 2 is 1.36 bits per heavy atom. The number of ether oxygens (including phenoxy) is 3. The molecule has 22 heavy (non-hydrogen) atoms. The van der Waals surface area contributed by atoms with Gasteiger partial charge in [-0.25, -0.2) is 4.79 Å². The Labute approximate surface area is 128 Å². The molecule has 0 heterocycles. The van der Waals surface area contributed by atoms with E-state index in [0.29, 0.717) is 22.6 Å². The number of rotatable bonds is 6. The van der Waals surface area contributed by atoms with Gasteiger partial charge in [-0.2, -0.15) is 0 Å². The van der Waals surface area contributed by atoms with Crippen LogP contribution in [0.25, 0.3) is 0 Å². The molecule has 0 unspecified atom stereocenters. The van der Waals surface area contributed by atoms with Gasteiger partial charge in [0.05, 0.1) is 12.7 Å². The summed E-state index contributed by atoms with van der Waals surface area (Å²) in [6, 6.07) is 13.6. The number of hydrogen-bond donors (Lipinski definition) is 0. The molecule has 2 rings (SSSR count). The first-order valence-corrected chi connectivity index (χ1v) is 6.66. The topological polar surface area (TPSA) is 61.8 Å². The van der Waals surface area contributed by atoms with Crippen molar-refractivity contribution in [3.8, 4) is 11.5 Å². The van der Waals surface area contributed by atoms with Crippen molar-refractivity contribution in [1.82, 2.24) is 0 Å². The zero-order valence-electron chi connectivity index (χ0n) is 12.4. The van der Waals surface area contributed by atoms with Gasteiger partial charge in [-0.15, -0.1) is 0 Å². The summed E-state index contributed by atoms with van der Waals surface area (Å²) in [6.07, 6.45) is 0. The summed E-state index contributed by atoms with van der Waals surface area (Å²) in [5.41, 5.74) is 0.792. The highest BCUT2D eigenvalue weighted by Crippen LogP contribution is 2.21. The van der Waals surface area contributed by atoms with E-state index in [2.05, 4.69) is 4.74 Å². The number of esters is 1. The number of para-hydroxylation sites is 2. The molecule has 0 spiro atoms. The molecule has 0 N–H and O–H groups in total. The normalized spacial score (nSPS) is 9.91. The number of carbonyl (C=O) groups is 2. The maximum absolute atomic E-state index is 11.6. The zero-order chi connectivity index (χ0) is 15.9. The van der Waals surface area contributed by atoms with E-state index < -0.39 is 5.97 Å². The minimum atomic E-state index is -0.486. The Balaban J connectivity index is 2.06. The monoisotopic (exact) mass is 300 g/mol. The van der Waals surface area contributed by atoms with Gasteiger partial charge in [0, 0.05) is 0 Å². The summed E-state index contributed by atoms with van der Waals surface area (Å²) in [4.78, 5) is 23.1.